The minimum Gasteiger partial charge on any atom is -0.460 e. The first-order valence-electron chi connectivity index (χ1n) is 6.00. The number of ether oxygens (including phenoxy) is 1. The second-order valence-electron chi connectivity index (χ2n) is 5.22. The van der Waals surface area contributed by atoms with Crippen molar-refractivity contribution in [2.24, 2.45) is 0 Å². The second-order valence-corrected chi connectivity index (χ2v) is 5.22. The van der Waals surface area contributed by atoms with Crippen LogP contribution in [0.4, 0.5) is 10.1 Å². The number of carbonyl (C=O) groups excluding carboxylic acids is 1. The number of aryl methyl sites for hydroxylation is 1. The van der Waals surface area contributed by atoms with Crippen molar-refractivity contribution < 1.29 is 13.9 Å². The van der Waals surface area contributed by atoms with Crippen LogP contribution in [0, 0.1) is 12.7 Å². The number of anilines is 1. The SMILES string of the molecule is Cc1cc(F)ccc1NCCC(=O)OC(C)(C)C. The maximum Gasteiger partial charge on any atom is 0.308 e. The molecule has 0 radical (unpaired) electrons. The Kier molecular flexibility index (Phi) is 4.70. The molecule has 0 heterocycles. The predicted molar refractivity (Wildman–Crippen MR) is 70.1 cm³/mol. The minimum atomic E-state index is -0.455. The fourth-order valence-corrected chi connectivity index (χ4v) is 1.52. The molecule has 4 heteroatoms. The van der Waals surface area contributed by atoms with Crippen LogP contribution in [0.15, 0.2) is 18.2 Å². The van der Waals surface area contributed by atoms with Crippen molar-refractivity contribution in [3.05, 3.63) is 29.6 Å². The normalized spacial score (nSPS) is 11.2. The Hall–Kier alpha value is -1.58. The molecule has 1 N–H and O–H groups in total. The summed E-state index contributed by atoms with van der Waals surface area (Å²) in [5.74, 6) is -0.500. The lowest BCUT2D eigenvalue weighted by molar-refractivity contribution is -0.154. The summed E-state index contributed by atoms with van der Waals surface area (Å²) in [5.41, 5.74) is 1.20. The van der Waals surface area contributed by atoms with E-state index in [1.807, 2.05) is 27.7 Å². The topological polar surface area (TPSA) is 38.3 Å². The summed E-state index contributed by atoms with van der Waals surface area (Å²) in [6.07, 6.45) is 0.286. The number of carbonyl (C=O) groups is 1. The van der Waals surface area contributed by atoms with Crippen LogP contribution in [0.1, 0.15) is 32.8 Å². The van der Waals surface area contributed by atoms with Gasteiger partial charge in [0.1, 0.15) is 11.4 Å². The minimum absolute atomic E-state index is 0.241. The molecule has 0 amide bonds. The van der Waals surface area contributed by atoms with E-state index >= 15 is 0 Å². The van der Waals surface area contributed by atoms with Gasteiger partial charge in [0.05, 0.1) is 6.42 Å². The van der Waals surface area contributed by atoms with E-state index in [-0.39, 0.29) is 18.2 Å². The quantitative estimate of drug-likeness (QED) is 0.837. The van der Waals surface area contributed by atoms with E-state index < -0.39 is 5.60 Å². The van der Waals surface area contributed by atoms with E-state index in [1.54, 1.807) is 6.07 Å². The van der Waals surface area contributed by atoms with Crippen LogP contribution in [0.3, 0.4) is 0 Å². The van der Waals surface area contributed by atoms with E-state index in [2.05, 4.69) is 5.32 Å². The molecule has 0 spiro atoms. The van der Waals surface area contributed by atoms with Crippen molar-refractivity contribution in [3.8, 4) is 0 Å². The van der Waals surface area contributed by atoms with Gasteiger partial charge in [-0.25, -0.2) is 4.39 Å². The Morgan fingerprint density at radius 3 is 2.61 bits per heavy atom. The number of nitrogens with one attached hydrogen (secondary N) is 1. The smallest absolute Gasteiger partial charge is 0.308 e. The standard InChI is InChI=1S/C14H20FNO2/c1-10-9-11(15)5-6-12(10)16-8-7-13(17)18-14(2,3)4/h5-6,9,16H,7-8H2,1-4H3. The Balaban J connectivity index is 2.40. The number of halogens is 1. The molecule has 0 fully saturated rings. The van der Waals surface area contributed by atoms with Crippen molar-refractivity contribution in [3.63, 3.8) is 0 Å². The van der Waals surface area contributed by atoms with Crippen LogP contribution in [-0.2, 0) is 9.53 Å². The molecule has 1 rings (SSSR count). The van der Waals surface area contributed by atoms with Crippen LogP contribution in [0.25, 0.3) is 0 Å². The van der Waals surface area contributed by atoms with Gasteiger partial charge in [-0.05, 0) is 51.5 Å². The summed E-state index contributed by atoms with van der Waals surface area (Å²) in [5, 5.41) is 3.09. The molecule has 100 valence electrons. The van der Waals surface area contributed by atoms with Gasteiger partial charge in [-0.1, -0.05) is 0 Å². The van der Waals surface area contributed by atoms with Crippen molar-refractivity contribution in [2.75, 3.05) is 11.9 Å². The summed E-state index contributed by atoms with van der Waals surface area (Å²) in [7, 11) is 0. The highest BCUT2D eigenvalue weighted by atomic mass is 19.1. The van der Waals surface area contributed by atoms with Gasteiger partial charge < -0.3 is 10.1 Å². The number of hydrogen-bond acceptors (Lipinski definition) is 3. The van der Waals surface area contributed by atoms with Gasteiger partial charge in [-0.3, -0.25) is 4.79 Å². The zero-order chi connectivity index (χ0) is 13.8. The van der Waals surface area contributed by atoms with Gasteiger partial charge in [-0.2, -0.15) is 0 Å². The number of esters is 1. The highest BCUT2D eigenvalue weighted by molar-refractivity contribution is 5.70. The molecule has 0 aliphatic rings. The maximum atomic E-state index is 12.9. The molecule has 18 heavy (non-hydrogen) atoms. The predicted octanol–water partition coefficient (Wildman–Crippen LogP) is 3.28. The molecule has 0 saturated heterocycles. The third kappa shape index (κ3) is 5.17. The van der Waals surface area contributed by atoms with Crippen molar-refractivity contribution in [2.45, 2.75) is 39.7 Å². The lowest BCUT2D eigenvalue weighted by Crippen LogP contribution is -2.25. The van der Waals surface area contributed by atoms with E-state index in [0.29, 0.717) is 6.54 Å². The maximum absolute atomic E-state index is 12.9. The summed E-state index contributed by atoms with van der Waals surface area (Å²) >= 11 is 0. The fourth-order valence-electron chi connectivity index (χ4n) is 1.52. The molecule has 1 aromatic rings. The summed E-state index contributed by atoms with van der Waals surface area (Å²) < 4.78 is 18.1. The van der Waals surface area contributed by atoms with Crippen molar-refractivity contribution in [1.82, 2.24) is 0 Å². The van der Waals surface area contributed by atoms with E-state index in [1.165, 1.54) is 12.1 Å². The molecule has 0 atom stereocenters. The zero-order valence-electron chi connectivity index (χ0n) is 11.3. The van der Waals surface area contributed by atoms with Gasteiger partial charge >= 0.3 is 5.97 Å². The first-order chi connectivity index (χ1) is 8.28. The fraction of sp³-hybridized carbons (Fsp3) is 0.500. The van der Waals surface area contributed by atoms with Crippen LogP contribution in [0.2, 0.25) is 0 Å². The molecule has 3 nitrogen and oxygen atoms in total. The Morgan fingerprint density at radius 2 is 2.06 bits per heavy atom. The summed E-state index contributed by atoms with van der Waals surface area (Å²) in [6, 6.07) is 4.51. The molecular weight excluding hydrogens is 233 g/mol. The van der Waals surface area contributed by atoms with Gasteiger partial charge in [-0.15, -0.1) is 0 Å². The second kappa shape index (κ2) is 5.85. The van der Waals surface area contributed by atoms with Crippen LogP contribution in [-0.4, -0.2) is 18.1 Å². The monoisotopic (exact) mass is 253 g/mol. The third-order valence-electron chi connectivity index (χ3n) is 2.25. The van der Waals surface area contributed by atoms with Crippen LogP contribution in [0.5, 0.6) is 0 Å². The molecule has 0 aromatic heterocycles. The first kappa shape index (κ1) is 14.5. The lowest BCUT2D eigenvalue weighted by Gasteiger charge is -2.19. The van der Waals surface area contributed by atoms with Crippen LogP contribution >= 0.6 is 0 Å². The number of hydrogen-bond donors (Lipinski definition) is 1. The Labute approximate surface area is 107 Å². The molecule has 0 aliphatic heterocycles. The first-order valence-corrected chi connectivity index (χ1v) is 6.00. The molecule has 0 saturated carbocycles. The highest BCUT2D eigenvalue weighted by Crippen LogP contribution is 2.15. The molecule has 0 unspecified atom stereocenters. The van der Waals surface area contributed by atoms with E-state index in [0.717, 1.165) is 11.3 Å². The summed E-state index contributed by atoms with van der Waals surface area (Å²) in [6.45, 7) is 7.80. The zero-order valence-corrected chi connectivity index (χ0v) is 11.3. The number of rotatable bonds is 4. The van der Waals surface area contributed by atoms with Crippen molar-refractivity contribution >= 4 is 11.7 Å². The average molecular weight is 253 g/mol. The third-order valence-corrected chi connectivity index (χ3v) is 2.25. The van der Waals surface area contributed by atoms with Gasteiger partial charge in [0.2, 0.25) is 0 Å². The van der Waals surface area contributed by atoms with Gasteiger partial charge in [0.25, 0.3) is 0 Å². The van der Waals surface area contributed by atoms with E-state index in [9.17, 15) is 9.18 Å². The molecular formula is C14H20FNO2. The summed E-state index contributed by atoms with van der Waals surface area (Å²) in [4.78, 5) is 11.5. The van der Waals surface area contributed by atoms with Gasteiger partial charge in [0.15, 0.2) is 0 Å². The van der Waals surface area contributed by atoms with E-state index in [4.69, 9.17) is 4.74 Å². The Bertz CT molecular complexity index is 424. The molecule has 0 aliphatic carbocycles. The molecule has 0 bridgehead atoms. The van der Waals surface area contributed by atoms with Crippen molar-refractivity contribution in [1.29, 1.82) is 0 Å². The van der Waals surface area contributed by atoms with Gasteiger partial charge in [0, 0.05) is 12.2 Å². The number of benzene rings is 1. The highest BCUT2D eigenvalue weighted by Gasteiger charge is 2.15. The molecule has 1 aromatic carbocycles. The largest absolute Gasteiger partial charge is 0.460 e. The lowest BCUT2D eigenvalue weighted by atomic mass is 10.2. The average Bonchev–Trinajstić information content (AvgIpc) is 2.18. The Morgan fingerprint density at radius 1 is 1.39 bits per heavy atom. The van der Waals surface area contributed by atoms with Crippen LogP contribution < -0.4 is 5.32 Å².